The first-order valence-corrected chi connectivity index (χ1v) is 7.08. The SMILES string of the molecule is NC1CCN(c2ccc(S(=O)(=O)C(F)F)cc2)C1. The molecule has 100 valence electrons. The fourth-order valence-corrected chi connectivity index (χ4v) is 2.69. The number of alkyl halides is 2. The molecule has 0 aromatic heterocycles. The Balaban J connectivity index is 2.21. The van der Waals surface area contributed by atoms with Gasteiger partial charge in [-0.25, -0.2) is 8.42 Å². The summed E-state index contributed by atoms with van der Waals surface area (Å²) in [6.07, 6.45) is 0.872. The first-order valence-electron chi connectivity index (χ1n) is 5.54. The van der Waals surface area contributed by atoms with Gasteiger partial charge < -0.3 is 10.6 Å². The summed E-state index contributed by atoms with van der Waals surface area (Å²) in [6.45, 7) is 1.49. The van der Waals surface area contributed by atoms with Gasteiger partial charge in [-0.1, -0.05) is 0 Å². The van der Waals surface area contributed by atoms with Crippen LogP contribution in [0, 0.1) is 0 Å². The molecule has 18 heavy (non-hydrogen) atoms. The minimum Gasteiger partial charge on any atom is -0.370 e. The van der Waals surface area contributed by atoms with Crippen LogP contribution >= 0.6 is 0 Å². The molecule has 0 saturated carbocycles. The average Bonchev–Trinajstić information content (AvgIpc) is 2.76. The van der Waals surface area contributed by atoms with Gasteiger partial charge in [-0.2, -0.15) is 8.78 Å². The summed E-state index contributed by atoms with van der Waals surface area (Å²) in [4.78, 5) is 1.65. The number of benzene rings is 1. The molecule has 1 aromatic rings. The lowest BCUT2D eigenvalue weighted by Crippen LogP contribution is -2.26. The van der Waals surface area contributed by atoms with Crippen LogP contribution in [0.25, 0.3) is 0 Å². The maximum atomic E-state index is 12.3. The molecule has 1 atom stereocenters. The summed E-state index contributed by atoms with van der Waals surface area (Å²) in [7, 11) is -4.50. The molecule has 1 aromatic carbocycles. The van der Waals surface area contributed by atoms with Crippen LogP contribution in [-0.4, -0.2) is 33.3 Å². The summed E-state index contributed by atoms with van der Waals surface area (Å²) in [5, 5.41) is 0. The van der Waals surface area contributed by atoms with Gasteiger partial charge >= 0.3 is 5.76 Å². The van der Waals surface area contributed by atoms with Gasteiger partial charge in [0.2, 0.25) is 9.84 Å². The van der Waals surface area contributed by atoms with Crippen molar-refractivity contribution in [2.75, 3.05) is 18.0 Å². The monoisotopic (exact) mass is 276 g/mol. The zero-order chi connectivity index (χ0) is 13.3. The van der Waals surface area contributed by atoms with Gasteiger partial charge in [-0.3, -0.25) is 0 Å². The molecule has 2 N–H and O–H groups in total. The molecule has 0 amide bonds. The number of halogens is 2. The van der Waals surface area contributed by atoms with Crippen molar-refractivity contribution >= 4 is 15.5 Å². The van der Waals surface area contributed by atoms with Crippen LogP contribution in [0.15, 0.2) is 29.2 Å². The topological polar surface area (TPSA) is 63.4 Å². The summed E-state index contributed by atoms with van der Waals surface area (Å²) in [5.41, 5.74) is 6.57. The fraction of sp³-hybridized carbons (Fsp3) is 0.455. The van der Waals surface area contributed by atoms with E-state index in [9.17, 15) is 17.2 Å². The molecule has 1 aliphatic heterocycles. The van der Waals surface area contributed by atoms with E-state index >= 15 is 0 Å². The third kappa shape index (κ3) is 2.46. The van der Waals surface area contributed by atoms with E-state index in [1.807, 2.05) is 4.90 Å². The van der Waals surface area contributed by atoms with Crippen LogP contribution in [-0.2, 0) is 9.84 Å². The molecular formula is C11H14F2N2O2S. The van der Waals surface area contributed by atoms with Gasteiger partial charge in [0.1, 0.15) is 0 Å². The molecule has 1 unspecified atom stereocenters. The Morgan fingerprint density at radius 1 is 1.28 bits per heavy atom. The average molecular weight is 276 g/mol. The number of hydrogen-bond donors (Lipinski definition) is 1. The van der Waals surface area contributed by atoms with Gasteiger partial charge in [-0.05, 0) is 30.7 Å². The molecule has 0 spiro atoms. The Labute approximate surface area is 104 Å². The summed E-state index contributed by atoms with van der Waals surface area (Å²) in [6, 6.07) is 5.59. The maximum Gasteiger partial charge on any atom is 0.341 e. The lowest BCUT2D eigenvalue weighted by Gasteiger charge is -2.18. The summed E-state index contributed by atoms with van der Waals surface area (Å²) in [5.74, 6) is -3.39. The smallest absolute Gasteiger partial charge is 0.341 e. The van der Waals surface area contributed by atoms with E-state index in [1.165, 1.54) is 24.3 Å². The van der Waals surface area contributed by atoms with Crippen molar-refractivity contribution in [3.05, 3.63) is 24.3 Å². The maximum absolute atomic E-state index is 12.3. The lowest BCUT2D eigenvalue weighted by molar-refractivity contribution is 0.234. The molecule has 7 heteroatoms. The standard InChI is InChI=1S/C11H14F2N2O2S/c12-11(13)18(16,17)10-3-1-9(2-4-10)15-6-5-8(14)7-15/h1-4,8,11H,5-7,14H2. The molecule has 0 aliphatic carbocycles. The Kier molecular flexibility index (Phi) is 3.54. The second-order valence-corrected chi connectivity index (χ2v) is 6.21. The highest BCUT2D eigenvalue weighted by Gasteiger charge is 2.27. The van der Waals surface area contributed by atoms with Crippen molar-refractivity contribution in [2.24, 2.45) is 5.73 Å². The van der Waals surface area contributed by atoms with Crippen molar-refractivity contribution < 1.29 is 17.2 Å². The molecule has 1 heterocycles. The number of hydrogen-bond acceptors (Lipinski definition) is 4. The van der Waals surface area contributed by atoms with E-state index in [0.29, 0.717) is 6.54 Å². The van der Waals surface area contributed by atoms with Gasteiger partial charge in [0.15, 0.2) is 0 Å². The number of sulfone groups is 1. The van der Waals surface area contributed by atoms with E-state index in [4.69, 9.17) is 5.73 Å². The van der Waals surface area contributed by atoms with Crippen LogP contribution in [0.4, 0.5) is 14.5 Å². The predicted molar refractivity (Wildman–Crippen MR) is 64.4 cm³/mol. The highest BCUT2D eigenvalue weighted by Crippen LogP contribution is 2.24. The molecular weight excluding hydrogens is 262 g/mol. The van der Waals surface area contributed by atoms with Crippen molar-refractivity contribution in [3.8, 4) is 0 Å². The second-order valence-electron chi connectivity index (χ2n) is 4.29. The largest absolute Gasteiger partial charge is 0.370 e. The van der Waals surface area contributed by atoms with Gasteiger partial charge in [-0.15, -0.1) is 0 Å². The van der Waals surface area contributed by atoms with Crippen molar-refractivity contribution in [1.29, 1.82) is 0 Å². The fourth-order valence-electron chi connectivity index (χ4n) is 1.97. The molecule has 2 rings (SSSR count). The number of nitrogens with two attached hydrogens (primary N) is 1. The van der Waals surface area contributed by atoms with Crippen LogP contribution in [0.1, 0.15) is 6.42 Å². The normalized spacial score (nSPS) is 20.7. The van der Waals surface area contributed by atoms with E-state index in [2.05, 4.69) is 0 Å². The minimum absolute atomic E-state index is 0.106. The predicted octanol–water partition coefficient (Wildman–Crippen LogP) is 1.22. The Morgan fingerprint density at radius 3 is 2.33 bits per heavy atom. The van der Waals surface area contributed by atoms with Gasteiger partial charge in [0.05, 0.1) is 4.90 Å². The zero-order valence-electron chi connectivity index (χ0n) is 9.59. The van der Waals surface area contributed by atoms with E-state index < -0.39 is 15.6 Å². The minimum atomic E-state index is -4.50. The second kappa shape index (κ2) is 4.81. The first kappa shape index (κ1) is 13.2. The molecule has 0 radical (unpaired) electrons. The quantitative estimate of drug-likeness (QED) is 0.901. The number of anilines is 1. The number of rotatable bonds is 3. The van der Waals surface area contributed by atoms with E-state index in [0.717, 1.165) is 18.7 Å². The molecule has 1 fully saturated rings. The Hall–Kier alpha value is -1.21. The molecule has 1 saturated heterocycles. The number of nitrogens with zero attached hydrogens (tertiary/aromatic N) is 1. The summed E-state index contributed by atoms with van der Waals surface area (Å²) >= 11 is 0. The first-order chi connectivity index (χ1) is 8.41. The van der Waals surface area contributed by atoms with Gasteiger partial charge in [0, 0.05) is 24.8 Å². The third-order valence-corrected chi connectivity index (χ3v) is 4.39. The van der Waals surface area contributed by atoms with Crippen LogP contribution in [0.3, 0.4) is 0 Å². The van der Waals surface area contributed by atoms with Crippen LogP contribution in [0.2, 0.25) is 0 Å². The zero-order valence-corrected chi connectivity index (χ0v) is 10.4. The Bertz CT molecular complexity index is 516. The highest BCUT2D eigenvalue weighted by molar-refractivity contribution is 7.91. The van der Waals surface area contributed by atoms with E-state index in [1.54, 1.807) is 0 Å². The summed E-state index contributed by atoms with van der Waals surface area (Å²) < 4.78 is 47.1. The van der Waals surface area contributed by atoms with Crippen molar-refractivity contribution in [2.45, 2.75) is 23.1 Å². The van der Waals surface area contributed by atoms with E-state index in [-0.39, 0.29) is 10.9 Å². The van der Waals surface area contributed by atoms with Crippen LogP contribution < -0.4 is 10.6 Å². The van der Waals surface area contributed by atoms with Crippen LogP contribution in [0.5, 0.6) is 0 Å². The van der Waals surface area contributed by atoms with Gasteiger partial charge in [0.25, 0.3) is 0 Å². The molecule has 0 bridgehead atoms. The van der Waals surface area contributed by atoms with Crippen molar-refractivity contribution in [1.82, 2.24) is 0 Å². The highest BCUT2D eigenvalue weighted by atomic mass is 32.2. The third-order valence-electron chi connectivity index (χ3n) is 2.99. The molecule has 4 nitrogen and oxygen atoms in total. The molecule has 1 aliphatic rings. The van der Waals surface area contributed by atoms with Crippen molar-refractivity contribution in [3.63, 3.8) is 0 Å². The lowest BCUT2D eigenvalue weighted by atomic mass is 10.3. The Morgan fingerprint density at radius 2 is 1.89 bits per heavy atom.